The summed E-state index contributed by atoms with van der Waals surface area (Å²) in [6.45, 7) is 17.0. The van der Waals surface area contributed by atoms with Crippen molar-refractivity contribution < 1.29 is 4.74 Å². The van der Waals surface area contributed by atoms with Crippen molar-refractivity contribution in [2.24, 2.45) is 0 Å². The van der Waals surface area contributed by atoms with E-state index in [1.165, 1.54) is 5.38 Å². The van der Waals surface area contributed by atoms with E-state index in [2.05, 4.69) is 54.2 Å². The van der Waals surface area contributed by atoms with Gasteiger partial charge in [-0.15, -0.1) is 0 Å². The molecule has 0 aliphatic carbocycles. The quantitative estimate of drug-likeness (QED) is 0.628. The molecule has 0 saturated carbocycles. The summed E-state index contributed by atoms with van der Waals surface area (Å²) in [5.41, 5.74) is 2.44. The lowest BCUT2D eigenvalue weighted by Gasteiger charge is -2.40. The van der Waals surface area contributed by atoms with E-state index in [0.717, 1.165) is 6.61 Å². The Morgan fingerprint density at radius 2 is 1.50 bits per heavy atom. The number of ether oxygens (including phenoxy) is 1. The molecule has 0 spiro atoms. The molecule has 1 rings (SSSR count). The lowest BCUT2D eigenvalue weighted by atomic mass is 10.2. The highest BCUT2D eigenvalue weighted by Gasteiger charge is 2.64. The summed E-state index contributed by atoms with van der Waals surface area (Å²) in [5, 5.41) is 2.10. The van der Waals surface area contributed by atoms with Crippen LogP contribution in [0.25, 0.3) is 0 Å². The zero-order chi connectivity index (χ0) is 11.2. The highest BCUT2D eigenvalue weighted by atomic mass is 28.3. The number of rotatable bonds is 2. The van der Waals surface area contributed by atoms with Gasteiger partial charge < -0.3 is 4.74 Å². The monoisotopic (exact) mass is 212 g/mol. The zero-order valence-corrected chi connectivity index (χ0v) is 11.7. The summed E-state index contributed by atoms with van der Waals surface area (Å²) < 4.78 is 5.74. The second-order valence-electron chi connectivity index (χ2n) is 6.25. The smallest absolute Gasteiger partial charge is 0.167 e. The van der Waals surface area contributed by atoms with Crippen LogP contribution in [0.4, 0.5) is 0 Å². The fourth-order valence-electron chi connectivity index (χ4n) is 2.77. The van der Waals surface area contributed by atoms with E-state index in [9.17, 15) is 0 Å². The van der Waals surface area contributed by atoms with Gasteiger partial charge in [0.2, 0.25) is 0 Å². The van der Waals surface area contributed by atoms with Crippen LogP contribution in [0.15, 0.2) is 11.1 Å². The van der Waals surface area contributed by atoms with Gasteiger partial charge in [0.15, 0.2) is 8.07 Å². The molecule has 0 amide bonds. The van der Waals surface area contributed by atoms with Crippen molar-refractivity contribution in [1.29, 1.82) is 0 Å². The molecule has 1 aliphatic heterocycles. The Hall–Kier alpha value is -0.243. The van der Waals surface area contributed by atoms with Crippen LogP contribution in [0.1, 0.15) is 48.5 Å². The predicted octanol–water partition coefficient (Wildman–Crippen LogP) is 4.05. The molecule has 1 nitrogen and oxygen atoms in total. The van der Waals surface area contributed by atoms with Crippen molar-refractivity contribution in [1.82, 2.24) is 0 Å². The van der Waals surface area contributed by atoms with Crippen LogP contribution in [0.3, 0.4) is 0 Å². The number of hydrogen-bond acceptors (Lipinski definition) is 1. The van der Waals surface area contributed by atoms with E-state index in [4.69, 9.17) is 4.74 Å². The summed E-state index contributed by atoms with van der Waals surface area (Å²) in [6.07, 6.45) is 0. The molecule has 0 radical (unpaired) electrons. The Bertz CT molecular complexity index is 238. The Morgan fingerprint density at radius 3 is 1.71 bits per heavy atom. The highest BCUT2D eigenvalue weighted by molar-refractivity contribution is 7.03. The second-order valence-corrected chi connectivity index (χ2v) is 11.6. The fraction of sp³-hybridized carbons (Fsp3) is 0.833. The molecule has 0 N–H and O–H groups in total. The first kappa shape index (κ1) is 11.8. The Morgan fingerprint density at radius 1 is 1.07 bits per heavy atom. The Labute approximate surface area is 89.6 Å². The van der Waals surface area contributed by atoms with Crippen LogP contribution in [-0.4, -0.2) is 14.7 Å². The molecule has 1 aliphatic rings. The van der Waals surface area contributed by atoms with Gasteiger partial charge in [-0.3, -0.25) is 0 Å². The van der Waals surface area contributed by atoms with Gasteiger partial charge in [-0.05, 0) is 17.0 Å². The third kappa shape index (κ3) is 1.54. The summed E-state index contributed by atoms with van der Waals surface area (Å²) in [6, 6.07) is 0. The fourth-order valence-corrected chi connectivity index (χ4v) is 8.57. The van der Waals surface area contributed by atoms with Gasteiger partial charge in [-0.2, -0.15) is 0 Å². The van der Waals surface area contributed by atoms with E-state index in [-0.39, 0.29) is 0 Å². The summed E-state index contributed by atoms with van der Waals surface area (Å²) in [4.78, 5) is 0. The average molecular weight is 212 g/mol. The third-order valence-electron chi connectivity index (χ3n) is 3.32. The summed E-state index contributed by atoms with van der Waals surface area (Å²) in [5.74, 6) is 0. The number of hydrogen-bond donors (Lipinski definition) is 0. The first-order chi connectivity index (χ1) is 6.17. The molecule has 0 atom stereocenters. The topological polar surface area (TPSA) is 9.23 Å². The van der Waals surface area contributed by atoms with Crippen LogP contribution >= 0.6 is 0 Å². The van der Waals surface area contributed by atoms with Crippen molar-refractivity contribution >= 4 is 8.07 Å². The van der Waals surface area contributed by atoms with Crippen LogP contribution in [0.5, 0.6) is 0 Å². The van der Waals surface area contributed by atoms with Gasteiger partial charge in [0.25, 0.3) is 0 Å². The summed E-state index contributed by atoms with van der Waals surface area (Å²) >= 11 is 0. The molecule has 0 aromatic carbocycles. The molecule has 0 bridgehead atoms. The molecule has 1 heterocycles. The molecule has 0 saturated heterocycles. The van der Waals surface area contributed by atoms with Crippen molar-refractivity contribution in [2.75, 3.05) is 6.61 Å². The maximum absolute atomic E-state index is 5.74. The molecule has 2 heteroatoms. The maximum Gasteiger partial charge on any atom is 0.167 e. The van der Waals surface area contributed by atoms with Crippen molar-refractivity contribution in [3.63, 3.8) is 0 Å². The first-order valence-corrected chi connectivity index (χ1v) is 7.60. The minimum absolute atomic E-state index is 0.385. The maximum atomic E-state index is 5.74. The third-order valence-corrected chi connectivity index (χ3v) is 9.50. The normalized spacial score (nSPS) is 20.4. The molecular weight excluding hydrogens is 188 g/mol. The Balaban J connectivity index is 2.90. The van der Waals surface area contributed by atoms with E-state index in [0.29, 0.717) is 10.1 Å². The second kappa shape index (κ2) is 3.12. The van der Waals surface area contributed by atoms with Crippen LogP contribution in [-0.2, 0) is 4.74 Å². The standard InChI is InChI=1S/C12H24OSi/c1-8-13-10-9-14(10,11(2,3)4)12(5,6)7/h9H,8H2,1-7H3. The van der Waals surface area contributed by atoms with Gasteiger partial charge in [0.05, 0.1) is 12.0 Å². The van der Waals surface area contributed by atoms with Crippen LogP contribution in [0, 0.1) is 0 Å². The highest BCUT2D eigenvalue weighted by Crippen LogP contribution is 2.62. The molecule has 82 valence electrons. The van der Waals surface area contributed by atoms with Gasteiger partial charge in [0.1, 0.15) is 0 Å². The van der Waals surface area contributed by atoms with Crippen molar-refractivity contribution in [3.8, 4) is 0 Å². The molecule has 0 aromatic rings. The lowest BCUT2D eigenvalue weighted by Crippen LogP contribution is -2.42. The molecule has 0 unspecified atom stereocenters. The van der Waals surface area contributed by atoms with Crippen LogP contribution < -0.4 is 0 Å². The first-order valence-electron chi connectivity index (χ1n) is 5.53. The predicted molar refractivity (Wildman–Crippen MR) is 64.9 cm³/mol. The van der Waals surface area contributed by atoms with Crippen molar-refractivity contribution in [2.45, 2.75) is 58.5 Å². The van der Waals surface area contributed by atoms with E-state index in [1.807, 2.05) is 0 Å². The summed E-state index contributed by atoms with van der Waals surface area (Å²) in [7, 11) is -1.44. The SMILES string of the molecule is CCOC1=C[Si]1(C(C)(C)C)C(C)(C)C. The van der Waals surface area contributed by atoms with Gasteiger partial charge in [-0.25, -0.2) is 0 Å². The molecule has 0 aromatic heterocycles. The van der Waals surface area contributed by atoms with Gasteiger partial charge >= 0.3 is 0 Å². The van der Waals surface area contributed by atoms with Crippen LogP contribution in [0.2, 0.25) is 10.1 Å². The molecule has 0 fully saturated rings. The van der Waals surface area contributed by atoms with E-state index < -0.39 is 8.07 Å². The molecular formula is C12H24OSi. The largest absolute Gasteiger partial charge is 0.504 e. The van der Waals surface area contributed by atoms with E-state index >= 15 is 0 Å². The molecule has 14 heavy (non-hydrogen) atoms. The lowest BCUT2D eigenvalue weighted by molar-refractivity contribution is 0.256. The zero-order valence-electron chi connectivity index (χ0n) is 10.7. The van der Waals surface area contributed by atoms with Gasteiger partial charge in [-0.1, -0.05) is 47.2 Å². The average Bonchev–Trinajstić information content (AvgIpc) is 2.60. The van der Waals surface area contributed by atoms with Gasteiger partial charge in [0, 0.05) is 0 Å². The minimum Gasteiger partial charge on any atom is -0.504 e. The van der Waals surface area contributed by atoms with Crippen molar-refractivity contribution in [3.05, 3.63) is 11.1 Å². The minimum atomic E-state index is -1.44. The Kier molecular flexibility index (Phi) is 2.64. The van der Waals surface area contributed by atoms with E-state index in [1.54, 1.807) is 0 Å².